The molecule has 0 amide bonds. The van der Waals surface area contributed by atoms with Gasteiger partial charge in [-0.05, 0) is 32.4 Å². The van der Waals surface area contributed by atoms with E-state index >= 15 is 0 Å². The molecule has 0 saturated heterocycles. The standard InChI is InChI=1S/C14H16ClF2N3/c1-14(2,3)20-11(18-19-12(20)8-15)7-9-5-4-6-10(16)13(9)17/h4-6H,7-8H2,1-3H3. The third kappa shape index (κ3) is 2.82. The summed E-state index contributed by atoms with van der Waals surface area (Å²) in [4.78, 5) is 0. The van der Waals surface area contributed by atoms with Crippen LogP contribution < -0.4 is 0 Å². The molecule has 2 rings (SSSR count). The Morgan fingerprint density at radius 3 is 2.40 bits per heavy atom. The minimum Gasteiger partial charge on any atom is -0.308 e. The van der Waals surface area contributed by atoms with Crippen molar-refractivity contribution in [3.8, 4) is 0 Å². The van der Waals surface area contributed by atoms with E-state index in [1.54, 1.807) is 6.07 Å². The molecule has 20 heavy (non-hydrogen) atoms. The Bertz CT molecular complexity index is 617. The third-order valence-corrected chi connectivity index (χ3v) is 3.21. The van der Waals surface area contributed by atoms with E-state index in [2.05, 4.69) is 10.2 Å². The van der Waals surface area contributed by atoms with Crippen LogP contribution in [0.2, 0.25) is 0 Å². The van der Waals surface area contributed by atoms with Crippen LogP contribution in [-0.2, 0) is 17.8 Å². The van der Waals surface area contributed by atoms with E-state index in [4.69, 9.17) is 11.6 Å². The van der Waals surface area contributed by atoms with Gasteiger partial charge in [0.1, 0.15) is 11.6 Å². The number of alkyl halides is 1. The van der Waals surface area contributed by atoms with Crippen LogP contribution in [0, 0.1) is 11.6 Å². The van der Waals surface area contributed by atoms with Crippen LogP contribution >= 0.6 is 11.6 Å². The molecular weight excluding hydrogens is 284 g/mol. The van der Waals surface area contributed by atoms with Gasteiger partial charge in [0, 0.05) is 12.0 Å². The molecule has 0 fully saturated rings. The summed E-state index contributed by atoms with van der Waals surface area (Å²) in [7, 11) is 0. The Morgan fingerprint density at radius 1 is 1.15 bits per heavy atom. The Hall–Kier alpha value is -1.49. The Morgan fingerprint density at radius 2 is 1.80 bits per heavy atom. The molecule has 1 aromatic carbocycles. The quantitative estimate of drug-likeness (QED) is 0.810. The van der Waals surface area contributed by atoms with E-state index in [0.29, 0.717) is 11.6 Å². The van der Waals surface area contributed by atoms with Gasteiger partial charge >= 0.3 is 0 Å². The fourth-order valence-corrected chi connectivity index (χ4v) is 2.36. The second kappa shape index (κ2) is 5.48. The first-order chi connectivity index (χ1) is 9.34. The van der Waals surface area contributed by atoms with Crippen molar-refractivity contribution in [2.75, 3.05) is 0 Å². The smallest absolute Gasteiger partial charge is 0.162 e. The molecule has 0 unspecified atom stereocenters. The van der Waals surface area contributed by atoms with Gasteiger partial charge in [-0.15, -0.1) is 21.8 Å². The van der Waals surface area contributed by atoms with Crippen LogP contribution in [0.4, 0.5) is 8.78 Å². The van der Waals surface area contributed by atoms with Gasteiger partial charge in [0.25, 0.3) is 0 Å². The molecule has 6 heteroatoms. The SMILES string of the molecule is CC(C)(C)n1c(CCl)nnc1Cc1cccc(F)c1F. The number of halogens is 3. The maximum atomic E-state index is 13.7. The molecule has 0 aliphatic carbocycles. The molecule has 0 N–H and O–H groups in total. The van der Waals surface area contributed by atoms with Crippen LogP contribution in [0.1, 0.15) is 38.0 Å². The summed E-state index contributed by atoms with van der Waals surface area (Å²) in [6, 6.07) is 4.12. The summed E-state index contributed by atoms with van der Waals surface area (Å²) in [6.45, 7) is 5.95. The van der Waals surface area contributed by atoms with Crippen molar-refractivity contribution < 1.29 is 8.78 Å². The van der Waals surface area contributed by atoms with Crippen molar-refractivity contribution in [1.82, 2.24) is 14.8 Å². The second-order valence-electron chi connectivity index (χ2n) is 5.56. The van der Waals surface area contributed by atoms with Crippen molar-refractivity contribution in [1.29, 1.82) is 0 Å². The van der Waals surface area contributed by atoms with Crippen molar-refractivity contribution >= 4 is 11.6 Å². The van der Waals surface area contributed by atoms with E-state index < -0.39 is 11.6 Å². The number of aromatic nitrogens is 3. The zero-order valence-corrected chi connectivity index (χ0v) is 12.4. The zero-order chi connectivity index (χ0) is 14.9. The normalized spacial score (nSPS) is 11.9. The summed E-state index contributed by atoms with van der Waals surface area (Å²) in [5.41, 5.74) is -0.0311. The Labute approximate surface area is 121 Å². The van der Waals surface area contributed by atoms with Crippen LogP contribution in [-0.4, -0.2) is 14.8 Å². The maximum absolute atomic E-state index is 13.7. The maximum Gasteiger partial charge on any atom is 0.162 e. The Balaban J connectivity index is 2.44. The van der Waals surface area contributed by atoms with Gasteiger partial charge in [-0.3, -0.25) is 0 Å². The average molecular weight is 300 g/mol. The average Bonchev–Trinajstić information content (AvgIpc) is 2.78. The monoisotopic (exact) mass is 299 g/mol. The van der Waals surface area contributed by atoms with Gasteiger partial charge in [0.05, 0.1) is 5.88 Å². The fourth-order valence-electron chi connectivity index (χ4n) is 2.18. The largest absolute Gasteiger partial charge is 0.308 e. The number of rotatable bonds is 3. The van der Waals surface area contributed by atoms with E-state index in [9.17, 15) is 8.78 Å². The van der Waals surface area contributed by atoms with E-state index in [0.717, 1.165) is 6.07 Å². The van der Waals surface area contributed by atoms with E-state index in [1.807, 2.05) is 25.3 Å². The fraction of sp³-hybridized carbons (Fsp3) is 0.429. The van der Waals surface area contributed by atoms with Crippen LogP contribution in [0.15, 0.2) is 18.2 Å². The van der Waals surface area contributed by atoms with Crippen molar-refractivity contribution in [3.05, 3.63) is 47.0 Å². The topological polar surface area (TPSA) is 30.7 Å². The molecule has 0 aliphatic rings. The molecule has 0 saturated carbocycles. The lowest BCUT2D eigenvalue weighted by Gasteiger charge is -2.24. The molecular formula is C14H16ClF2N3. The van der Waals surface area contributed by atoms with Gasteiger partial charge in [0.15, 0.2) is 11.6 Å². The predicted molar refractivity (Wildman–Crippen MR) is 73.7 cm³/mol. The van der Waals surface area contributed by atoms with E-state index in [-0.39, 0.29) is 23.4 Å². The van der Waals surface area contributed by atoms with Gasteiger partial charge < -0.3 is 4.57 Å². The highest BCUT2D eigenvalue weighted by Gasteiger charge is 2.23. The van der Waals surface area contributed by atoms with Crippen molar-refractivity contribution in [3.63, 3.8) is 0 Å². The molecule has 1 heterocycles. The highest BCUT2D eigenvalue weighted by molar-refractivity contribution is 6.16. The molecule has 0 radical (unpaired) electrons. The summed E-state index contributed by atoms with van der Waals surface area (Å²) >= 11 is 5.85. The van der Waals surface area contributed by atoms with Crippen LogP contribution in [0.5, 0.6) is 0 Å². The van der Waals surface area contributed by atoms with Gasteiger partial charge in [0.2, 0.25) is 0 Å². The Kier molecular flexibility index (Phi) is 4.09. The molecule has 0 spiro atoms. The molecule has 1 aromatic heterocycles. The summed E-state index contributed by atoms with van der Waals surface area (Å²) < 4.78 is 28.9. The lowest BCUT2D eigenvalue weighted by Crippen LogP contribution is -2.26. The molecule has 0 aliphatic heterocycles. The van der Waals surface area contributed by atoms with Crippen LogP contribution in [0.3, 0.4) is 0 Å². The van der Waals surface area contributed by atoms with Gasteiger partial charge in [-0.25, -0.2) is 8.78 Å². The third-order valence-electron chi connectivity index (χ3n) is 2.97. The summed E-state index contributed by atoms with van der Waals surface area (Å²) in [5, 5.41) is 8.07. The first kappa shape index (κ1) is 14.9. The second-order valence-corrected chi connectivity index (χ2v) is 5.83. The highest BCUT2D eigenvalue weighted by Crippen LogP contribution is 2.22. The molecule has 0 atom stereocenters. The summed E-state index contributed by atoms with van der Waals surface area (Å²) in [5.74, 6) is -0.301. The minimum atomic E-state index is -0.859. The first-order valence-electron chi connectivity index (χ1n) is 6.27. The zero-order valence-electron chi connectivity index (χ0n) is 11.6. The number of nitrogens with zero attached hydrogens (tertiary/aromatic N) is 3. The van der Waals surface area contributed by atoms with Gasteiger partial charge in [-0.1, -0.05) is 12.1 Å². The van der Waals surface area contributed by atoms with E-state index in [1.165, 1.54) is 6.07 Å². The number of benzene rings is 1. The highest BCUT2D eigenvalue weighted by atomic mass is 35.5. The molecule has 3 nitrogen and oxygen atoms in total. The van der Waals surface area contributed by atoms with Crippen LogP contribution in [0.25, 0.3) is 0 Å². The predicted octanol–water partition coefficient (Wildman–Crippen LogP) is 3.64. The lowest BCUT2D eigenvalue weighted by atomic mass is 10.1. The minimum absolute atomic E-state index is 0.171. The molecule has 2 aromatic rings. The lowest BCUT2D eigenvalue weighted by molar-refractivity contribution is 0.374. The number of hydrogen-bond donors (Lipinski definition) is 0. The summed E-state index contributed by atoms with van der Waals surface area (Å²) in [6.07, 6.45) is 0.171. The molecule has 108 valence electrons. The first-order valence-corrected chi connectivity index (χ1v) is 6.80. The van der Waals surface area contributed by atoms with Gasteiger partial charge in [-0.2, -0.15) is 0 Å². The van der Waals surface area contributed by atoms with Crippen molar-refractivity contribution in [2.45, 2.75) is 38.6 Å². The number of hydrogen-bond acceptors (Lipinski definition) is 2. The molecule has 0 bridgehead atoms. The van der Waals surface area contributed by atoms with Crippen molar-refractivity contribution in [2.24, 2.45) is 0 Å².